The fourth-order valence-electron chi connectivity index (χ4n) is 18.6. The van der Waals surface area contributed by atoms with Crippen molar-refractivity contribution >= 4 is 154 Å². The number of fused-ring (bicyclic) bond motifs is 8. The number of hydrogen-bond donors (Lipinski definition) is 8. The lowest BCUT2D eigenvalue weighted by molar-refractivity contribution is 0.0980. The highest BCUT2D eigenvalue weighted by atomic mass is 32.1. The molecule has 132 heavy (non-hydrogen) atoms. The van der Waals surface area contributed by atoms with Crippen molar-refractivity contribution in [2.45, 2.75) is 186 Å². The first-order chi connectivity index (χ1) is 63.4. The lowest BCUT2D eigenvalue weighted by Gasteiger charge is -2.40. The van der Waals surface area contributed by atoms with Crippen molar-refractivity contribution in [2.24, 2.45) is 5.92 Å². The minimum atomic E-state index is -1.08. The van der Waals surface area contributed by atoms with E-state index in [1.54, 1.807) is 93.8 Å². The molecule has 12 N–H and O–H groups in total. The molecule has 0 spiro atoms. The number of aromatic nitrogens is 16. The topological polar surface area (TPSA) is 372 Å². The number of pyridine rings is 4. The van der Waals surface area contributed by atoms with Crippen LogP contribution in [0.1, 0.15) is 168 Å². The standard InChI is InChI=1S/C26H26N6OS.2C25H28N6OS.C24H26N6OS/c1-26(33,15-2-3-15)8-6-16-10-19-20(23-24-21(7-9-34-24)29-25(27)30-23)14-32(22(19)11-28-16)18-12-31(13-18)17-4-5-17;1-4-30-10-5-6-17(30)14-31-15-19(22-23-20(8-11-33-23)28-24(26)29-22)18-12-16(27-13-21(18)31)7-9-25(2,3)32;1-4-30-10-5-6-17(14-30)31-15-19(22-23-20(8-11-33-23)28-24(26)29-22)18-12-16(27-13-21(18)31)7-9-25(2,3)32;1-4-29-9-6-16(13-29)30-14-18(21-22-19(7-10-32-22)27-23(25)28-21)17-11-15(26-12-20(17)30)5-8-24(2,3)31/h7,9-11,14-15,17-18,33H,2-5,12-13H2,1H3,(H2,27,29,30);2*8,11-13,15,17,32H,4-6,10,14H2,1-3H3,(H2,26,28,29);7,10-12,14,16,31H,4,6,9,13H2,1-3H3,(H2,25,27,28). The molecule has 6 aliphatic rings. The SMILES string of the molecule is CC(O)(C#Cc1cc2c(-c3nc(N)nc4ccsc34)cn(C3CN(C4CC4)C3)c2cn1)C1CC1.CCN1CCC(n2cc(-c3nc(N)nc4ccsc34)c3cc(C#CC(C)(C)O)ncc32)C1.CCN1CCCC(n2cc(-c3nc(N)nc4ccsc34)c3cc(C#CC(C)(C)O)ncc32)C1.CCN1CCCC1Cn1cc(-c2nc(N)nc3ccsc23)c2cc(C#CC(C)(C)O)ncc21. The minimum Gasteiger partial charge on any atom is -0.378 e. The third kappa shape index (κ3) is 19.1. The molecule has 20 heterocycles. The average Bonchev–Trinajstić information content (AvgIpc) is 1.60. The molecule has 4 aliphatic heterocycles. The van der Waals surface area contributed by atoms with Crippen molar-refractivity contribution in [2.75, 3.05) is 88.4 Å². The van der Waals surface area contributed by atoms with E-state index in [9.17, 15) is 20.4 Å². The van der Waals surface area contributed by atoms with Gasteiger partial charge in [0.2, 0.25) is 23.8 Å². The Morgan fingerprint density at radius 2 is 0.750 bits per heavy atom. The van der Waals surface area contributed by atoms with Crippen molar-refractivity contribution in [3.8, 4) is 92.4 Å². The van der Waals surface area contributed by atoms with E-state index in [2.05, 4.69) is 191 Å². The Labute approximate surface area is 781 Å². The van der Waals surface area contributed by atoms with Crippen molar-refractivity contribution in [3.05, 3.63) is 142 Å². The third-order valence-electron chi connectivity index (χ3n) is 25.6. The monoisotopic (exact) mass is 1840 g/mol. The Bertz CT molecular complexity index is 7370. The Morgan fingerprint density at radius 3 is 1.13 bits per heavy atom. The molecule has 28 nitrogen and oxygen atoms in total. The quantitative estimate of drug-likeness (QED) is 0.0469. The Hall–Kier alpha value is -12.0. The summed E-state index contributed by atoms with van der Waals surface area (Å²) >= 11 is 6.48. The predicted molar refractivity (Wildman–Crippen MR) is 532 cm³/mol. The summed E-state index contributed by atoms with van der Waals surface area (Å²) in [4.78, 5) is 64.7. The van der Waals surface area contributed by atoms with Gasteiger partial charge < -0.3 is 71.4 Å². The van der Waals surface area contributed by atoms with E-state index in [0.29, 0.717) is 46.9 Å². The summed E-state index contributed by atoms with van der Waals surface area (Å²) in [5, 5.41) is 52.9. The Morgan fingerprint density at radius 1 is 0.386 bits per heavy atom. The van der Waals surface area contributed by atoms with Gasteiger partial charge in [0.25, 0.3) is 0 Å². The fourth-order valence-corrected chi connectivity index (χ4v) is 21.9. The fraction of sp³-hybridized carbons (Fsp3) is 0.400. The van der Waals surface area contributed by atoms with Gasteiger partial charge in [-0.2, -0.15) is 0 Å². The molecule has 4 unspecified atom stereocenters. The van der Waals surface area contributed by atoms with Crippen LogP contribution in [-0.4, -0.2) is 218 Å². The molecule has 6 fully saturated rings. The number of anilines is 4. The highest BCUT2D eigenvalue weighted by Crippen LogP contribution is 2.46. The third-order valence-corrected chi connectivity index (χ3v) is 29.2. The van der Waals surface area contributed by atoms with Gasteiger partial charge in [0.05, 0.1) is 117 Å². The van der Waals surface area contributed by atoms with E-state index in [-0.39, 0.29) is 29.7 Å². The predicted octanol–water partition coefficient (Wildman–Crippen LogP) is 15.5. The van der Waals surface area contributed by atoms with Gasteiger partial charge in [0.15, 0.2) is 0 Å². The second-order valence-electron chi connectivity index (χ2n) is 37.0. The largest absolute Gasteiger partial charge is 0.378 e. The lowest BCUT2D eigenvalue weighted by atomic mass is 10.0. The van der Waals surface area contributed by atoms with Gasteiger partial charge in [0.1, 0.15) is 45.2 Å². The molecule has 16 aromatic heterocycles. The second-order valence-corrected chi connectivity index (χ2v) is 40.7. The molecule has 0 radical (unpaired) electrons. The van der Waals surface area contributed by atoms with Gasteiger partial charge in [0, 0.05) is 132 Å². The molecule has 4 saturated heterocycles. The summed E-state index contributed by atoms with van der Waals surface area (Å²) in [6.07, 6.45) is 26.9. The first kappa shape index (κ1) is 89.3. The molecule has 16 aromatic rings. The van der Waals surface area contributed by atoms with Crippen molar-refractivity contribution in [1.29, 1.82) is 0 Å². The molecule has 0 amide bonds. The summed E-state index contributed by atoms with van der Waals surface area (Å²) < 4.78 is 13.4. The number of aliphatic hydroxyl groups is 4. The van der Waals surface area contributed by atoms with E-state index in [1.807, 2.05) is 94.8 Å². The molecular formula is C100H108N24O4S4. The van der Waals surface area contributed by atoms with Crippen LogP contribution in [0.3, 0.4) is 0 Å². The molecule has 676 valence electrons. The number of hydrogen-bond acceptors (Lipinski definition) is 28. The van der Waals surface area contributed by atoms with Crippen LogP contribution < -0.4 is 22.9 Å². The normalized spacial score (nSPS) is 18.1. The molecule has 4 atom stereocenters. The highest BCUT2D eigenvalue weighted by molar-refractivity contribution is 7.18. The first-order valence-corrected chi connectivity index (χ1v) is 48.9. The maximum Gasteiger partial charge on any atom is 0.221 e. The van der Waals surface area contributed by atoms with Crippen molar-refractivity contribution in [3.63, 3.8) is 0 Å². The second kappa shape index (κ2) is 36.2. The molecule has 32 heteroatoms. The van der Waals surface area contributed by atoms with Crippen LogP contribution in [0, 0.1) is 53.3 Å². The first-order valence-electron chi connectivity index (χ1n) is 45.4. The lowest BCUT2D eigenvalue weighted by Crippen LogP contribution is -2.48. The van der Waals surface area contributed by atoms with Crippen LogP contribution >= 0.6 is 45.3 Å². The zero-order valence-electron chi connectivity index (χ0n) is 75.8. The summed E-state index contributed by atoms with van der Waals surface area (Å²) in [6, 6.07) is 18.4. The number of likely N-dealkylation sites (N-methyl/N-ethyl adjacent to an activating group) is 3. The van der Waals surface area contributed by atoms with Crippen LogP contribution in [-0.2, 0) is 6.54 Å². The number of nitrogens with zero attached hydrogens (tertiary/aromatic N) is 20. The van der Waals surface area contributed by atoms with Gasteiger partial charge in [-0.25, -0.2) is 59.8 Å². The molecule has 2 saturated carbocycles. The number of piperidine rings is 1. The Kier molecular flexibility index (Phi) is 24.5. The Balaban J connectivity index is 0.000000114. The summed E-state index contributed by atoms with van der Waals surface area (Å²) in [5.41, 5.74) is 37.7. The highest BCUT2D eigenvalue weighted by Gasteiger charge is 2.41. The average molecular weight is 1840 g/mol. The van der Waals surface area contributed by atoms with Crippen LogP contribution in [0.2, 0.25) is 0 Å². The smallest absolute Gasteiger partial charge is 0.221 e. The summed E-state index contributed by atoms with van der Waals surface area (Å²) in [6.45, 7) is 30.1. The van der Waals surface area contributed by atoms with Gasteiger partial charge in [-0.3, -0.25) is 9.80 Å². The van der Waals surface area contributed by atoms with E-state index >= 15 is 0 Å². The number of rotatable bonds is 14. The van der Waals surface area contributed by atoms with Crippen LogP contribution in [0.25, 0.3) is 130 Å². The van der Waals surface area contributed by atoms with Crippen LogP contribution in [0.5, 0.6) is 0 Å². The maximum atomic E-state index is 10.6. The maximum absolute atomic E-state index is 10.6. The number of likely N-dealkylation sites (tertiary alicyclic amines) is 4. The molecule has 0 bridgehead atoms. The van der Waals surface area contributed by atoms with Gasteiger partial charge >= 0.3 is 0 Å². The molecule has 2 aliphatic carbocycles. The van der Waals surface area contributed by atoms with E-state index in [4.69, 9.17) is 22.9 Å². The minimum absolute atomic E-state index is 0.265. The van der Waals surface area contributed by atoms with Gasteiger partial charge in [-0.1, -0.05) is 44.5 Å². The van der Waals surface area contributed by atoms with Crippen LogP contribution in [0.15, 0.2) is 120 Å². The number of nitrogens with two attached hydrogens (primary N) is 4. The number of nitrogen functional groups attached to an aromatic ring is 4. The van der Waals surface area contributed by atoms with E-state index in [0.717, 1.165) is 233 Å². The number of thiophene rings is 4. The molecule has 0 aromatic carbocycles. The van der Waals surface area contributed by atoms with Gasteiger partial charge in [-0.15, -0.1) is 45.3 Å². The summed E-state index contributed by atoms with van der Waals surface area (Å²) in [7, 11) is 0. The van der Waals surface area contributed by atoms with Crippen LogP contribution in [0.4, 0.5) is 23.8 Å². The molecular weight excluding hydrogens is 1730 g/mol. The molecule has 22 rings (SSSR count). The van der Waals surface area contributed by atoms with Gasteiger partial charge in [-0.05, 0) is 239 Å². The zero-order chi connectivity index (χ0) is 91.8. The van der Waals surface area contributed by atoms with E-state index < -0.39 is 22.4 Å². The summed E-state index contributed by atoms with van der Waals surface area (Å²) in [5.74, 6) is 25.2. The van der Waals surface area contributed by atoms with Crippen molar-refractivity contribution in [1.82, 2.24) is 97.7 Å². The van der Waals surface area contributed by atoms with E-state index in [1.165, 1.54) is 32.1 Å². The zero-order valence-corrected chi connectivity index (χ0v) is 79.1. The van der Waals surface area contributed by atoms with Crippen molar-refractivity contribution < 1.29 is 20.4 Å².